The van der Waals surface area contributed by atoms with Gasteiger partial charge in [0.1, 0.15) is 16.7 Å². The molecule has 0 atom stereocenters. The molecule has 2 aromatic carbocycles. The minimum atomic E-state index is -1.32. The summed E-state index contributed by atoms with van der Waals surface area (Å²) >= 11 is 12.9. The van der Waals surface area contributed by atoms with Crippen molar-refractivity contribution in [2.24, 2.45) is 0 Å². The zero-order chi connectivity index (χ0) is 19.0. The Labute approximate surface area is 191 Å². The lowest BCUT2D eigenvalue weighted by Gasteiger charge is -2.30. The van der Waals surface area contributed by atoms with Crippen LogP contribution in [0.5, 0.6) is 0 Å². The van der Waals surface area contributed by atoms with Crippen LogP contribution in [-0.4, -0.2) is 0 Å². The van der Waals surface area contributed by atoms with Crippen LogP contribution < -0.4 is 9.24 Å². The van der Waals surface area contributed by atoms with Crippen molar-refractivity contribution in [3.8, 4) is 22.3 Å². The molecule has 4 aromatic rings. The summed E-state index contributed by atoms with van der Waals surface area (Å²) in [6, 6.07) is 26.1. The SMILES string of the molecule is SS[P+]1(c2cc(-c3ccccc3)cs2)SP(c2cc(-c3ccccc3)cs2)S1. The summed E-state index contributed by atoms with van der Waals surface area (Å²) in [5.74, 6) is 0. The molecule has 1 fully saturated rings. The first kappa shape index (κ1) is 20.0. The Morgan fingerprint density at radius 2 is 1.29 bits per heavy atom. The third-order valence-electron chi connectivity index (χ3n) is 4.31. The van der Waals surface area contributed by atoms with E-state index >= 15 is 0 Å². The molecule has 0 amide bonds. The van der Waals surface area contributed by atoms with Crippen LogP contribution >= 0.6 is 77.9 Å². The highest BCUT2D eigenvalue weighted by molar-refractivity contribution is 9.56. The number of rotatable bonds is 5. The molecule has 1 aliphatic rings. The second-order valence-electron chi connectivity index (χ2n) is 6.08. The molecule has 0 spiro atoms. The maximum absolute atomic E-state index is 4.70. The van der Waals surface area contributed by atoms with Crippen LogP contribution in [0.25, 0.3) is 22.3 Å². The summed E-state index contributed by atoms with van der Waals surface area (Å²) in [4.78, 5) is -1.32. The molecule has 5 rings (SSSR count). The van der Waals surface area contributed by atoms with Crippen molar-refractivity contribution < 1.29 is 0 Å². The molecular formula is C20H15P2S6+. The van der Waals surface area contributed by atoms with Crippen LogP contribution in [0.3, 0.4) is 0 Å². The summed E-state index contributed by atoms with van der Waals surface area (Å²) in [6.45, 7) is 0. The fourth-order valence-corrected chi connectivity index (χ4v) is 43.9. The largest absolute Gasteiger partial charge is 0.256 e. The first-order valence-corrected chi connectivity index (χ1v) is 19.9. The van der Waals surface area contributed by atoms with Crippen molar-refractivity contribution in [1.82, 2.24) is 0 Å². The number of thiol groups is 1. The minimum Gasteiger partial charge on any atom is -0.141 e. The molecule has 0 saturated carbocycles. The topological polar surface area (TPSA) is 0 Å². The van der Waals surface area contributed by atoms with Gasteiger partial charge in [-0.2, -0.15) is 0 Å². The smallest absolute Gasteiger partial charge is 0.141 e. The molecule has 1 saturated heterocycles. The highest BCUT2D eigenvalue weighted by Crippen LogP contribution is 3.10. The summed E-state index contributed by atoms with van der Waals surface area (Å²) in [6.07, 6.45) is -0.187. The van der Waals surface area contributed by atoms with E-state index in [2.05, 4.69) is 106 Å². The lowest BCUT2D eigenvalue weighted by Crippen LogP contribution is -2.03. The van der Waals surface area contributed by atoms with Gasteiger partial charge < -0.3 is 0 Å². The van der Waals surface area contributed by atoms with Gasteiger partial charge in [0.05, 0.1) is 26.6 Å². The highest BCUT2D eigenvalue weighted by Gasteiger charge is 2.62. The third-order valence-corrected chi connectivity index (χ3v) is 40.3. The van der Waals surface area contributed by atoms with Crippen molar-refractivity contribution in [1.29, 1.82) is 0 Å². The predicted molar refractivity (Wildman–Crippen MR) is 144 cm³/mol. The van der Waals surface area contributed by atoms with E-state index in [-0.39, 0.29) is 6.33 Å². The van der Waals surface area contributed by atoms with E-state index in [1.807, 2.05) is 22.7 Å². The summed E-state index contributed by atoms with van der Waals surface area (Å²) in [5, 5.41) is 4.61. The monoisotopic (exact) mass is 509 g/mol. The average Bonchev–Trinajstić information content (AvgIpc) is 3.40. The van der Waals surface area contributed by atoms with Gasteiger partial charge in [-0.05, 0) is 33.7 Å². The summed E-state index contributed by atoms with van der Waals surface area (Å²) < 4.78 is 3.04. The van der Waals surface area contributed by atoms with E-state index in [0.717, 1.165) is 0 Å². The van der Waals surface area contributed by atoms with Crippen LogP contribution in [-0.2, 0) is 0 Å². The standard InChI is InChI=1S/C20H14P2S6/c23-28-22(20-12-18(14-25-20)16-9-5-2-6-10-16)26-21(27-22)19-11-17(13-24-19)15-7-3-1-4-8-15/h1-14H/p+1. The van der Waals surface area contributed by atoms with Crippen molar-refractivity contribution in [3.05, 3.63) is 83.6 Å². The van der Waals surface area contributed by atoms with Crippen molar-refractivity contribution in [2.45, 2.75) is 0 Å². The van der Waals surface area contributed by atoms with Crippen LogP contribution in [0.2, 0.25) is 0 Å². The predicted octanol–water partition coefficient (Wildman–Crippen LogP) is 9.23. The van der Waals surface area contributed by atoms with E-state index in [1.54, 1.807) is 10.4 Å². The Bertz CT molecular complexity index is 1070. The molecule has 1 aliphatic heterocycles. The number of hydrogen-bond donors (Lipinski definition) is 1. The zero-order valence-electron chi connectivity index (χ0n) is 14.5. The third kappa shape index (κ3) is 3.88. The minimum absolute atomic E-state index is 0.187. The Morgan fingerprint density at radius 3 is 1.89 bits per heavy atom. The van der Waals surface area contributed by atoms with E-state index in [9.17, 15) is 0 Å². The number of thiophene rings is 2. The Morgan fingerprint density at radius 1 is 0.714 bits per heavy atom. The first-order chi connectivity index (χ1) is 13.8. The van der Waals surface area contributed by atoms with Gasteiger partial charge in [-0.15, -0.1) is 22.7 Å². The van der Waals surface area contributed by atoms with Crippen molar-refractivity contribution in [3.63, 3.8) is 0 Å². The fraction of sp³-hybridized carbons (Fsp3) is 0. The quantitative estimate of drug-likeness (QED) is 0.162. The van der Waals surface area contributed by atoms with E-state index in [4.69, 9.17) is 11.7 Å². The fourth-order valence-electron chi connectivity index (χ4n) is 2.89. The normalized spacial score (nSPS) is 21.4. The molecule has 0 bridgehead atoms. The summed E-state index contributed by atoms with van der Waals surface area (Å²) in [7, 11) is 1.78. The van der Waals surface area contributed by atoms with Crippen molar-refractivity contribution in [2.75, 3.05) is 0 Å². The zero-order valence-corrected chi connectivity index (χ0v) is 21.2. The maximum Gasteiger partial charge on any atom is 0.256 e. The van der Waals surface area contributed by atoms with Gasteiger partial charge in [0.15, 0.2) is 4.62 Å². The molecule has 0 N–H and O–H groups in total. The number of benzene rings is 2. The molecule has 8 heteroatoms. The van der Waals surface area contributed by atoms with Gasteiger partial charge in [0.2, 0.25) is 0 Å². The molecule has 0 radical (unpaired) electrons. The molecule has 0 aliphatic carbocycles. The average molecular weight is 510 g/mol. The van der Waals surface area contributed by atoms with Crippen molar-refractivity contribution >= 4 is 87.2 Å². The molecule has 0 unspecified atom stereocenters. The molecular weight excluding hydrogens is 495 g/mol. The second-order valence-corrected chi connectivity index (χ2v) is 27.2. The van der Waals surface area contributed by atoms with E-state index in [0.29, 0.717) is 0 Å². The summed E-state index contributed by atoms with van der Waals surface area (Å²) in [5.41, 5.74) is 5.30. The van der Waals surface area contributed by atoms with Gasteiger partial charge in [0.25, 0.3) is 4.87 Å². The Balaban J connectivity index is 1.34. The van der Waals surface area contributed by atoms with Gasteiger partial charge in [-0.25, -0.2) is 0 Å². The molecule has 3 heterocycles. The van der Waals surface area contributed by atoms with Crippen LogP contribution in [0.4, 0.5) is 0 Å². The molecule has 28 heavy (non-hydrogen) atoms. The van der Waals surface area contributed by atoms with E-state index < -0.39 is 4.87 Å². The Hall–Kier alpha value is 0.1000. The van der Waals surface area contributed by atoms with Gasteiger partial charge in [-0.3, -0.25) is 0 Å². The lowest BCUT2D eigenvalue weighted by molar-refractivity contribution is 1.68. The van der Waals surface area contributed by atoms with E-state index in [1.165, 1.54) is 31.5 Å². The number of hydrogen-bond acceptors (Lipinski definition) is 6. The maximum atomic E-state index is 4.70. The molecule has 140 valence electrons. The second kappa shape index (κ2) is 8.69. The van der Waals surface area contributed by atoms with Crippen LogP contribution in [0.1, 0.15) is 0 Å². The Kier molecular flexibility index (Phi) is 6.21. The first-order valence-electron chi connectivity index (χ1n) is 8.48. The van der Waals surface area contributed by atoms with Crippen LogP contribution in [0, 0.1) is 0 Å². The molecule has 0 nitrogen and oxygen atoms in total. The van der Waals surface area contributed by atoms with Gasteiger partial charge in [-0.1, -0.05) is 72.3 Å². The lowest BCUT2D eigenvalue weighted by atomic mass is 10.1. The van der Waals surface area contributed by atoms with Gasteiger partial charge in [0, 0.05) is 11.4 Å². The highest BCUT2D eigenvalue weighted by atomic mass is 33.8. The molecule has 2 aromatic heterocycles. The van der Waals surface area contributed by atoms with Crippen LogP contribution in [0.15, 0.2) is 83.6 Å². The van der Waals surface area contributed by atoms with Gasteiger partial charge >= 0.3 is 0 Å².